The maximum atomic E-state index is 10.0. The highest BCUT2D eigenvalue weighted by molar-refractivity contribution is 5.36. The van der Waals surface area contributed by atoms with Crippen molar-refractivity contribution in [1.29, 1.82) is 0 Å². The molecule has 3 fully saturated rings. The Labute approximate surface area is 179 Å². The number of aliphatic hydroxyl groups excluding tert-OH is 2. The van der Waals surface area contributed by atoms with Crippen molar-refractivity contribution in [1.82, 2.24) is 0 Å². The Kier molecular flexibility index (Phi) is 7.84. The van der Waals surface area contributed by atoms with Crippen LogP contribution in [0.15, 0.2) is 35.5 Å². The van der Waals surface area contributed by atoms with Crippen LogP contribution < -0.4 is 0 Å². The lowest BCUT2D eigenvalue weighted by atomic mass is 9.60. The van der Waals surface area contributed by atoms with E-state index in [9.17, 15) is 10.2 Å². The molecule has 3 saturated carbocycles. The Morgan fingerprint density at radius 2 is 1.93 bits per heavy atom. The second kappa shape index (κ2) is 9.96. The van der Waals surface area contributed by atoms with Crippen LogP contribution >= 0.6 is 0 Å². The predicted molar refractivity (Wildman–Crippen MR) is 123 cm³/mol. The summed E-state index contributed by atoms with van der Waals surface area (Å²) in [7, 11) is 0. The molecule has 0 heterocycles. The zero-order chi connectivity index (χ0) is 21.0. The van der Waals surface area contributed by atoms with Gasteiger partial charge in [-0.05, 0) is 92.4 Å². The van der Waals surface area contributed by atoms with Gasteiger partial charge in [0.2, 0.25) is 0 Å². The Balaban J connectivity index is 1.67. The third-order valence-electron chi connectivity index (χ3n) is 8.58. The molecule has 29 heavy (non-hydrogen) atoms. The third kappa shape index (κ3) is 5.25. The van der Waals surface area contributed by atoms with Crippen molar-refractivity contribution in [2.75, 3.05) is 6.61 Å². The van der Waals surface area contributed by atoms with E-state index in [-0.39, 0.29) is 6.10 Å². The number of fused-ring (bicyclic) bond motifs is 1. The molecule has 3 aliphatic rings. The van der Waals surface area contributed by atoms with Gasteiger partial charge in [0.25, 0.3) is 0 Å². The Bertz CT molecular complexity index is 630. The molecular weight excluding hydrogens is 356 g/mol. The molecule has 164 valence electrons. The quantitative estimate of drug-likeness (QED) is 0.506. The minimum Gasteiger partial charge on any atom is -0.396 e. The monoisotopic (exact) mass is 400 g/mol. The third-order valence-corrected chi connectivity index (χ3v) is 8.58. The smallest absolute Gasteiger partial charge is 0.0583 e. The molecule has 0 amide bonds. The summed E-state index contributed by atoms with van der Waals surface area (Å²) < 4.78 is 0. The first-order valence-electron chi connectivity index (χ1n) is 12.2. The first kappa shape index (κ1) is 22.8. The van der Waals surface area contributed by atoms with Gasteiger partial charge in [0.1, 0.15) is 0 Å². The fourth-order valence-corrected chi connectivity index (χ4v) is 6.69. The summed E-state index contributed by atoms with van der Waals surface area (Å²) in [5.41, 5.74) is 4.60. The molecule has 3 rings (SSSR count). The molecule has 0 aromatic heterocycles. The van der Waals surface area contributed by atoms with Gasteiger partial charge >= 0.3 is 0 Å². The highest BCUT2D eigenvalue weighted by Gasteiger charge is 2.50. The lowest BCUT2D eigenvalue weighted by Crippen LogP contribution is -2.36. The van der Waals surface area contributed by atoms with Crippen LogP contribution in [0.5, 0.6) is 0 Å². The summed E-state index contributed by atoms with van der Waals surface area (Å²) >= 11 is 0. The summed E-state index contributed by atoms with van der Waals surface area (Å²) in [4.78, 5) is 0. The first-order valence-corrected chi connectivity index (χ1v) is 12.2. The van der Waals surface area contributed by atoms with Gasteiger partial charge in [0.05, 0.1) is 6.10 Å². The number of rotatable bonds is 7. The van der Waals surface area contributed by atoms with E-state index in [0.717, 1.165) is 43.4 Å². The van der Waals surface area contributed by atoms with Gasteiger partial charge in [-0.2, -0.15) is 0 Å². The lowest BCUT2D eigenvalue weighted by Gasteiger charge is -2.44. The lowest BCUT2D eigenvalue weighted by molar-refractivity contribution is 0.0922. The normalized spacial score (nSPS) is 37.7. The zero-order valence-corrected chi connectivity index (χ0v) is 19.1. The standard InChI is InChI=1S/C27H44O2/c1-19(18-28)7-5-8-21(3)25-14-15-26-22(9-6-16-27(25,26)4)11-12-23-17-24(29)13-10-20(23)2/h11-12,19,21,24-26,28-29H,2,5-10,13-18H2,1,3-4H3/b22-11+,23-12+/t19?,21-,24+,25-,26+,27-/m1/s1. The predicted octanol–water partition coefficient (Wildman–Crippen LogP) is 6.59. The Morgan fingerprint density at radius 1 is 1.14 bits per heavy atom. The summed E-state index contributed by atoms with van der Waals surface area (Å²) in [6.45, 7) is 11.8. The van der Waals surface area contributed by atoms with E-state index in [2.05, 4.69) is 39.5 Å². The van der Waals surface area contributed by atoms with E-state index >= 15 is 0 Å². The summed E-state index contributed by atoms with van der Waals surface area (Å²) in [6.07, 6.45) is 17.5. The van der Waals surface area contributed by atoms with Gasteiger partial charge < -0.3 is 10.2 Å². The topological polar surface area (TPSA) is 40.5 Å². The van der Waals surface area contributed by atoms with Gasteiger partial charge in [-0.3, -0.25) is 0 Å². The van der Waals surface area contributed by atoms with Crippen molar-refractivity contribution < 1.29 is 10.2 Å². The average Bonchev–Trinajstić information content (AvgIpc) is 3.06. The molecule has 2 heteroatoms. The largest absolute Gasteiger partial charge is 0.396 e. The van der Waals surface area contributed by atoms with Crippen LogP contribution in [0.4, 0.5) is 0 Å². The molecule has 0 bridgehead atoms. The van der Waals surface area contributed by atoms with Crippen LogP contribution in [0.1, 0.15) is 91.4 Å². The van der Waals surface area contributed by atoms with Gasteiger partial charge in [-0.15, -0.1) is 0 Å². The van der Waals surface area contributed by atoms with E-state index in [1.807, 2.05) is 0 Å². The number of aliphatic hydroxyl groups is 2. The van der Waals surface area contributed by atoms with E-state index in [0.29, 0.717) is 17.9 Å². The molecule has 2 nitrogen and oxygen atoms in total. The fourth-order valence-electron chi connectivity index (χ4n) is 6.69. The molecule has 1 unspecified atom stereocenters. The molecule has 0 radical (unpaired) electrons. The number of hydrogen-bond donors (Lipinski definition) is 2. The molecular formula is C27H44O2. The number of allylic oxidation sites excluding steroid dienone is 4. The van der Waals surface area contributed by atoms with Crippen LogP contribution in [0.2, 0.25) is 0 Å². The maximum absolute atomic E-state index is 10.0. The molecule has 2 N–H and O–H groups in total. The van der Waals surface area contributed by atoms with Crippen molar-refractivity contribution in [3.8, 4) is 0 Å². The molecule has 3 aliphatic carbocycles. The van der Waals surface area contributed by atoms with E-state index in [1.54, 1.807) is 5.57 Å². The summed E-state index contributed by atoms with van der Waals surface area (Å²) in [5.74, 6) is 2.79. The van der Waals surface area contributed by atoms with Gasteiger partial charge in [-0.1, -0.05) is 63.5 Å². The Morgan fingerprint density at radius 3 is 2.69 bits per heavy atom. The molecule has 0 saturated heterocycles. The molecule has 6 atom stereocenters. The van der Waals surface area contributed by atoms with Crippen LogP contribution in [-0.4, -0.2) is 22.9 Å². The van der Waals surface area contributed by atoms with E-state index in [4.69, 9.17) is 0 Å². The second-order valence-corrected chi connectivity index (χ2v) is 10.7. The van der Waals surface area contributed by atoms with Crippen LogP contribution in [-0.2, 0) is 0 Å². The van der Waals surface area contributed by atoms with Crippen LogP contribution in [0.3, 0.4) is 0 Å². The van der Waals surface area contributed by atoms with Crippen molar-refractivity contribution in [2.45, 2.75) is 97.5 Å². The Hall–Kier alpha value is -0.860. The van der Waals surface area contributed by atoms with E-state index < -0.39 is 0 Å². The second-order valence-electron chi connectivity index (χ2n) is 10.7. The molecule has 0 aromatic rings. The maximum Gasteiger partial charge on any atom is 0.0583 e. The molecule has 0 spiro atoms. The number of hydrogen-bond acceptors (Lipinski definition) is 2. The van der Waals surface area contributed by atoms with Gasteiger partial charge in [0, 0.05) is 6.61 Å². The van der Waals surface area contributed by atoms with Crippen molar-refractivity contribution in [3.63, 3.8) is 0 Å². The van der Waals surface area contributed by atoms with Crippen LogP contribution in [0, 0.1) is 29.1 Å². The highest BCUT2D eigenvalue weighted by Crippen LogP contribution is 2.59. The minimum absolute atomic E-state index is 0.188. The van der Waals surface area contributed by atoms with Crippen molar-refractivity contribution >= 4 is 0 Å². The highest BCUT2D eigenvalue weighted by atomic mass is 16.3. The average molecular weight is 401 g/mol. The minimum atomic E-state index is -0.188. The zero-order valence-electron chi connectivity index (χ0n) is 19.1. The molecule has 0 aromatic carbocycles. The van der Waals surface area contributed by atoms with E-state index in [1.165, 1.54) is 56.1 Å². The van der Waals surface area contributed by atoms with Crippen LogP contribution in [0.25, 0.3) is 0 Å². The van der Waals surface area contributed by atoms with Gasteiger partial charge in [0.15, 0.2) is 0 Å². The van der Waals surface area contributed by atoms with Crippen molar-refractivity contribution in [2.24, 2.45) is 29.1 Å². The summed E-state index contributed by atoms with van der Waals surface area (Å²) in [5, 5.41) is 19.3. The SMILES string of the molecule is C=C1CC[C@H](O)C/C1=C\C=C1/CCC[C@]2(C)[C@@H]([C@H](C)CCCC(C)CO)CC[C@@H]12. The van der Waals surface area contributed by atoms with Gasteiger partial charge in [-0.25, -0.2) is 0 Å². The van der Waals surface area contributed by atoms with Crippen molar-refractivity contribution in [3.05, 3.63) is 35.5 Å². The fraction of sp³-hybridized carbons (Fsp3) is 0.778. The summed E-state index contributed by atoms with van der Waals surface area (Å²) in [6, 6.07) is 0. The first-order chi connectivity index (χ1) is 13.8. The molecule has 0 aliphatic heterocycles.